The van der Waals surface area contributed by atoms with E-state index >= 15 is 0 Å². The second-order valence-electron chi connectivity index (χ2n) is 4.99. The van der Waals surface area contributed by atoms with E-state index in [-0.39, 0.29) is 23.1 Å². The number of H-pyrrole nitrogens is 1. The minimum absolute atomic E-state index is 0.202. The Labute approximate surface area is 142 Å². The third-order valence-corrected chi connectivity index (χ3v) is 3.20. The van der Waals surface area contributed by atoms with Crippen LogP contribution in [0, 0.1) is 18.3 Å². The molecule has 0 fully saturated rings. The van der Waals surface area contributed by atoms with Gasteiger partial charge in [-0.1, -0.05) is 0 Å². The lowest BCUT2D eigenvalue weighted by Crippen LogP contribution is -2.10. The van der Waals surface area contributed by atoms with E-state index < -0.39 is 0 Å². The van der Waals surface area contributed by atoms with Gasteiger partial charge in [0.2, 0.25) is 5.82 Å². The maximum absolute atomic E-state index is 12.0. The van der Waals surface area contributed by atoms with E-state index in [1.807, 2.05) is 6.07 Å². The van der Waals surface area contributed by atoms with Crippen molar-refractivity contribution in [3.63, 3.8) is 0 Å². The van der Waals surface area contributed by atoms with Crippen LogP contribution in [0.1, 0.15) is 22.1 Å². The number of carbonyl (C=O) groups is 1. The number of allylic oxidation sites excluding steroid dienone is 1. The summed E-state index contributed by atoms with van der Waals surface area (Å²) in [6.07, 6.45) is 1.48. The monoisotopic (exact) mass is 335 g/mol. The summed E-state index contributed by atoms with van der Waals surface area (Å²) >= 11 is 0. The third kappa shape index (κ3) is 3.89. The molecular weight excluding hydrogens is 322 g/mol. The molecule has 0 saturated carbocycles. The van der Waals surface area contributed by atoms with Crippen molar-refractivity contribution in [2.24, 2.45) is 0 Å². The Morgan fingerprint density at radius 3 is 2.60 bits per heavy atom. The first kappa shape index (κ1) is 15.9. The van der Waals surface area contributed by atoms with Gasteiger partial charge in [-0.3, -0.25) is 4.79 Å². The number of tetrazole rings is 1. The Balaban J connectivity index is 1.64. The van der Waals surface area contributed by atoms with E-state index in [9.17, 15) is 4.79 Å². The van der Waals surface area contributed by atoms with Gasteiger partial charge in [0.15, 0.2) is 5.76 Å². The molecule has 9 nitrogen and oxygen atoms in total. The van der Waals surface area contributed by atoms with E-state index in [2.05, 4.69) is 31.3 Å². The molecule has 25 heavy (non-hydrogen) atoms. The summed E-state index contributed by atoms with van der Waals surface area (Å²) in [6, 6.07) is 12.3. The fourth-order valence-electron chi connectivity index (χ4n) is 1.98. The van der Waals surface area contributed by atoms with Gasteiger partial charge in [-0.2, -0.15) is 10.5 Å². The third-order valence-electron chi connectivity index (χ3n) is 3.20. The quantitative estimate of drug-likeness (QED) is 0.609. The number of aryl methyl sites for hydroxylation is 1. The van der Waals surface area contributed by atoms with Crippen LogP contribution in [-0.4, -0.2) is 26.5 Å². The maximum Gasteiger partial charge on any atom is 0.291 e. The highest BCUT2D eigenvalue weighted by molar-refractivity contribution is 6.02. The van der Waals surface area contributed by atoms with E-state index in [1.54, 1.807) is 43.3 Å². The number of aromatic nitrogens is 4. The predicted octanol–water partition coefficient (Wildman–Crippen LogP) is 2.33. The van der Waals surface area contributed by atoms with Gasteiger partial charge in [-0.25, -0.2) is 0 Å². The number of rotatable bonds is 5. The maximum atomic E-state index is 12.0. The smallest absolute Gasteiger partial charge is 0.291 e. The number of benzene rings is 1. The molecule has 9 heteroatoms. The number of hydrogen-bond acceptors (Lipinski definition) is 7. The number of nitrogens with zero attached hydrogens (tertiary/aromatic N) is 4. The van der Waals surface area contributed by atoms with Crippen molar-refractivity contribution in [3.05, 3.63) is 59.9 Å². The molecule has 0 atom stereocenters. The molecule has 0 spiro atoms. The van der Waals surface area contributed by atoms with Crippen LogP contribution in [0.4, 0.5) is 11.4 Å². The number of furan rings is 1. The molecule has 1 amide bonds. The predicted molar refractivity (Wildman–Crippen MR) is 89.2 cm³/mol. The van der Waals surface area contributed by atoms with Gasteiger partial charge in [-0.15, -0.1) is 10.2 Å². The van der Waals surface area contributed by atoms with E-state index in [1.165, 1.54) is 6.20 Å². The highest BCUT2D eigenvalue weighted by Crippen LogP contribution is 2.16. The SMILES string of the molecule is Cc1ccc(C(=O)Nc2ccc(NC=C(C#N)c3nn[nH]n3)cc2)o1. The summed E-state index contributed by atoms with van der Waals surface area (Å²) < 4.78 is 5.27. The van der Waals surface area contributed by atoms with E-state index in [0.717, 1.165) is 5.69 Å². The molecule has 0 aliphatic rings. The fourth-order valence-corrected chi connectivity index (χ4v) is 1.98. The molecule has 0 bridgehead atoms. The van der Waals surface area contributed by atoms with Crippen LogP contribution in [0.2, 0.25) is 0 Å². The number of anilines is 2. The van der Waals surface area contributed by atoms with E-state index in [0.29, 0.717) is 11.4 Å². The molecule has 3 N–H and O–H groups in total. The zero-order valence-electron chi connectivity index (χ0n) is 13.1. The molecule has 0 radical (unpaired) electrons. The minimum atomic E-state index is -0.322. The molecule has 0 aliphatic carbocycles. The van der Waals surface area contributed by atoms with Crippen LogP contribution >= 0.6 is 0 Å². The average Bonchev–Trinajstić information content (AvgIpc) is 3.29. The minimum Gasteiger partial charge on any atom is -0.456 e. The van der Waals surface area contributed by atoms with Crippen LogP contribution in [0.5, 0.6) is 0 Å². The van der Waals surface area contributed by atoms with Gasteiger partial charge < -0.3 is 15.1 Å². The summed E-state index contributed by atoms with van der Waals surface area (Å²) in [4.78, 5) is 12.0. The molecule has 1 aromatic carbocycles. The second kappa shape index (κ2) is 7.10. The lowest BCUT2D eigenvalue weighted by atomic mass is 10.2. The molecular formula is C16H13N7O2. The van der Waals surface area contributed by atoms with Crippen LogP contribution in [-0.2, 0) is 0 Å². The number of carbonyl (C=O) groups excluding carboxylic acids is 1. The normalized spacial score (nSPS) is 11.0. The molecule has 3 rings (SSSR count). The highest BCUT2D eigenvalue weighted by Gasteiger charge is 2.10. The van der Waals surface area contributed by atoms with Gasteiger partial charge in [0.05, 0.1) is 0 Å². The summed E-state index contributed by atoms with van der Waals surface area (Å²) in [5.74, 6) is 0.804. The van der Waals surface area contributed by atoms with Crippen LogP contribution < -0.4 is 10.6 Å². The number of hydrogen-bond donors (Lipinski definition) is 3. The van der Waals surface area contributed by atoms with Gasteiger partial charge in [0.25, 0.3) is 5.91 Å². The molecule has 0 saturated heterocycles. The van der Waals surface area contributed by atoms with Crippen LogP contribution in [0.15, 0.2) is 47.0 Å². The topological polar surface area (TPSA) is 133 Å². The lowest BCUT2D eigenvalue weighted by molar-refractivity contribution is 0.0995. The summed E-state index contributed by atoms with van der Waals surface area (Å²) in [6.45, 7) is 1.77. The van der Waals surface area contributed by atoms with Crippen LogP contribution in [0.3, 0.4) is 0 Å². The number of amides is 1. The second-order valence-corrected chi connectivity index (χ2v) is 4.99. The van der Waals surface area contributed by atoms with Gasteiger partial charge in [-0.05, 0) is 48.5 Å². The number of aromatic amines is 1. The first-order valence-corrected chi connectivity index (χ1v) is 7.24. The highest BCUT2D eigenvalue weighted by atomic mass is 16.3. The molecule has 3 aromatic rings. The lowest BCUT2D eigenvalue weighted by Gasteiger charge is -2.05. The van der Waals surface area contributed by atoms with Crippen LogP contribution in [0.25, 0.3) is 5.57 Å². The Bertz CT molecular complexity index is 934. The first-order valence-electron chi connectivity index (χ1n) is 7.24. The molecule has 2 aromatic heterocycles. The van der Waals surface area contributed by atoms with Gasteiger partial charge in [0.1, 0.15) is 17.4 Å². The Morgan fingerprint density at radius 2 is 2.00 bits per heavy atom. The fraction of sp³-hybridized carbons (Fsp3) is 0.0625. The van der Waals surface area contributed by atoms with Crippen molar-refractivity contribution < 1.29 is 9.21 Å². The Morgan fingerprint density at radius 1 is 1.24 bits per heavy atom. The number of nitrogens with one attached hydrogen (secondary N) is 3. The van der Waals surface area contributed by atoms with Crippen molar-refractivity contribution in [1.82, 2.24) is 20.6 Å². The van der Waals surface area contributed by atoms with Crippen molar-refractivity contribution >= 4 is 22.9 Å². The van der Waals surface area contributed by atoms with Gasteiger partial charge in [0, 0.05) is 17.6 Å². The van der Waals surface area contributed by atoms with Crippen molar-refractivity contribution in [1.29, 1.82) is 5.26 Å². The Kier molecular flexibility index (Phi) is 4.53. The van der Waals surface area contributed by atoms with E-state index in [4.69, 9.17) is 9.68 Å². The summed E-state index contributed by atoms with van der Waals surface area (Å²) in [7, 11) is 0. The van der Waals surface area contributed by atoms with Crippen molar-refractivity contribution in [2.75, 3.05) is 10.6 Å². The number of nitriles is 1. The molecule has 2 heterocycles. The van der Waals surface area contributed by atoms with Crippen molar-refractivity contribution in [3.8, 4) is 6.07 Å². The standard InChI is InChI=1S/C16H13N7O2/c1-10-2-7-14(25-10)16(24)19-13-5-3-12(4-6-13)18-9-11(8-17)15-20-22-23-21-15/h2-7,9,18H,1H3,(H,19,24)(H,20,21,22,23). The molecule has 0 unspecified atom stereocenters. The summed E-state index contributed by atoms with van der Waals surface area (Å²) in [5, 5.41) is 28.0. The Hall–Kier alpha value is -3.93. The summed E-state index contributed by atoms with van der Waals surface area (Å²) in [5.41, 5.74) is 1.58. The zero-order valence-corrected chi connectivity index (χ0v) is 13.1. The molecule has 0 aliphatic heterocycles. The van der Waals surface area contributed by atoms with Crippen molar-refractivity contribution in [2.45, 2.75) is 6.92 Å². The average molecular weight is 335 g/mol. The molecule has 124 valence electrons. The van der Waals surface area contributed by atoms with Gasteiger partial charge >= 0.3 is 0 Å². The first-order chi connectivity index (χ1) is 12.2. The zero-order chi connectivity index (χ0) is 17.6. The largest absolute Gasteiger partial charge is 0.456 e.